The van der Waals surface area contributed by atoms with Crippen LogP contribution in [0, 0.1) is 18.3 Å². The van der Waals surface area contributed by atoms with Crippen LogP contribution in [0.5, 0.6) is 0 Å². The van der Waals surface area contributed by atoms with Gasteiger partial charge >= 0.3 is 12.1 Å². The Kier molecular flexibility index (Phi) is 8.18. The van der Waals surface area contributed by atoms with Gasteiger partial charge in [0.15, 0.2) is 0 Å². The molecule has 1 saturated carbocycles. The van der Waals surface area contributed by atoms with Gasteiger partial charge in [-0.15, -0.1) is 0 Å². The molecule has 2 aromatic rings. The van der Waals surface area contributed by atoms with E-state index in [4.69, 9.17) is 9.47 Å². The second-order valence-corrected chi connectivity index (χ2v) is 9.66. The number of nitrogens with zero attached hydrogens (tertiary/aromatic N) is 2. The molecular formula is C26H33N5O4. The zero-order valence-corrected chi connectivity index (χ0v) is 20.9. The fourth-order valence-corrected chi connectivity index (χ4v) is 4.09. The summed E-state index contributed by atoms with van der Waals surface area (Å²) in [4.78, 5) is 29.5. The van der Waals surface area contributed by atoms with Crippen molar-refractivity contribution in [3.05, 3.63) is 47.0 Å². The van der Waals surface area contributed by atoms with Gasteiger partial charge in [-0.3, -0.25) is 0 Å². The average molecular weight is 480 g/mol. The van der Waals surface area contributed by atoms with Crippen LogP contribution < -0.4 is 16.0 Å². The zero-order valence-electron chi connectivity index (χ0n) is 20.9. The molecule has 1 amide bonds. The third kappa shape index (κ3) is 7.09. The lowest BCUT2D eigenvalue weighted by Gasteiger charge is -2.34. The first-order valence-electron chi connectivity index (χ1n) is 11.7. The van der Waals surface area contributed by atoms with E-state index in [1.165, 1.54) is 13.2 Å². The first kappa shape index (κ1) is 25.8. The lowest BCUT2D eigenvalue weighted by atomic mass is 9.90. The van der Waals surface area contributed by atoms with E-state index < -0.39 is 17.7 Å². The number of anilines is 3. The molecule has 35 heavy (non-hydrogen) atoms. The number of aryl methyl sites for hydroxylation is 1. The first-order chi connectivity index (χ1) is 16.6. The molecule has 1 aromatic carbocycles. The van der Waals surface area contributed by atoms with Crippen LogP contribution in [0.2, 0.25) is 0 Å². The van der Waals surface area contributed by atoms with Gasteiger partial charge in [0.05, 0.1) is 18.7 Å². The molecule has 1 aliphatic rings. The van der Waals surface area contributed by atoms with E-state index >= 15 is 0 Å². The predicted molar refractivity (Wildman–Crippen MR) is 134 cm³/mol. The highest BCUT2D eigenvalue weighted by atomic mass is 16.6. The minimum absolute atomic E-state index is 0.0640. The fraction of sp³-hybridized carbons (Fsp3) is 0.462. The second-order valence-electron chi connectivity index (χ2n) is 9.66. The van der Waals surface area contributed by atoms with Gasteiger partial charge in [0.25, 0.3) is 0 Å². The smallest absolute Gasteiger partial charge is 0.407 e. The van der Waals surface area contributed by atoms with Crippen molar-refractivity contribution < 1.29 is 19.1 Å². The number of aromatic nitrogens is 1. The van der Waals surface area contributed by atoms with E-state index in [1.54, 1.807) is 0 Å². The summed E-state index contributed by atoms with van der Waals surface area (Å²) < 4.78 is 10.3. The predicted octanol–water partition coefficient (Wildman–Crippen LogP) is 5.04. The van der Waals surface area contributed by atoms with E-state index in [0.29, 0.717) is 5.82 Å². The van der Waals surface area contributed by atoms with Crippen molar-refractivity contribution in [1.82, 2.24) is 10.3 Å². The number of hydrogen-bond donors (Lipinski definition) is 3. The number of esters is 1. The second kappa shape index (κ2) is 11.1. The lowest BCUT2D eigenvalue weighted by Crippen LogP contribution is -2.49. The topological polar surface area (TPSA) is 125 Å². The summed E-state index contributed by atoms with van der Waals surface area (Å²) in [5, 5.41) is 19.3. The van der Waals surface area contributed by atoms with Crippen LogP contribution in [-0.4, -0.2) is 41.8 Å². The molecule has 2 atom stereocenters. The molecule has 0 radical (unpaired) electrons. The largest absolute Gasteiger partial charge is 0.465 e. The summed E-state index contributed by atoms with van der Waals surface area (Å²) in [5.74, 6) is -0.0124. The Balaban J connectivity index is 1.91. The Morgan fingerprint density at radius 2 is 1.86 bits per heavy atom. The van der Waals surface area contributed by atoms with Crippen LogP contribution in [0.25, 0.3) is 0 Å². The number of hydrogen-bond acceptors (Lipinski definition) is 8. The van der Waals surface area contributed by atoms with E-state index in [-0.39, 0.29) is 29.0 Å². The number of pyridine rings is 1. The fourth-order valence-electron chi connectivity index (χ4n) is 4.09. The summed E-state index contributed by atoms with van der Waals surface area (Å²) >= 11 is 0. The number of rotatable bonds is 6. The van der Waals surface area contributed by atoms with Crippen molar-refractivity contribution in [3.8, 4) is 6.07 Å². The minimum atomic E-state index is -0.655. The van der Waals surface area contributed by atoms with Crippen LogP contribution >= 0.6 is 0 Å². The van der Waals surface area contributed by atoms with Gasteiger partial charge in [0.1, 0.15) is 28.9 Å². The maximum atomic E-state index is 12.5. The normalized spacial score (nSPS) is 17.6. The number of nitriles is 1. The van der Waals surface area contributed by atoms with Crippen molar-refractivity contribution in [2.75, 3.05) is 17.7 Å². The van der Waals surface area contributed by atoms with Gasteiger partial charge < -0.3 is 25.4 Å². The molecule has 0 spiro atoms. The third-order valence-corrected chi connectivity index (χ3v) is 5.61. The van der Waals surface area contributed by atoms with Crippen molar-refractivity contribution in [2.45, 2.75) is 71.1 Å². The van der Waals surface area contributed by atoms with Gasteiger partial charge in [0.2, 0.25) is 0 Å². The Morgan fingerprint density at radius 3 is 2.49 bits per heavy atom. The minimum Gasteiger partial charge on any atom is -0.465 e. The number of ether oxygens (including phenoxy) is 2. The Bertz CT molecular complexity index is 1120. The maximum Gasteiger partial charge on any atom is 0.407 e. The third-order valence-electron chi connectivity index (χ3n) is 5.61. The molecule has 1 aromatic heterocycles. The Labute approximate surface area is 206 Å². The van der Waals surface area contributed by atoms with Crippen LogP contribution in [0.1, 0.15) is 67.9 Å². The highest BCUT2D eigenvalue weighted by molar-refractivity contribution is 5.98. The summed E-state index contributed by atoms with van der Waals surface area (Å²) in [7, 11) is 1.26. The number of alkyl carbamates (subject to hydrolysis) is 1. The summed E-state index contributed by atoms with van der Waals surface area (Å²) in [6, 6.07) is 10.9. The van der Waals surface area contributed by atoms with Gasteiger partial charge in [-0.2, -0.15) is 5.26 Å². The van der Waals surface area contributed by atoms with E-state index in [2.05, 4.69) is 27.0 Å². The van der Waals surface area contributed by atoms with Crippen molar-refractivity contribution >= 4 is 29.4 Å². The summed E-state index contributed by atoms with van der Waals surface area (Å²) in [6.45, 7) is 7.42. The molecule has 1 heterocycles. The molecule has 9 nitrogen and oxygen atoms in total. The standard InChI is InChI=1S/C26H33N5O4/c1-16-9-8-10-18(13-16)28-23-22(24(32)34-5)17(15-27)14-21(31-23)29-19-11-6-7-12-20(19)30-25(33)35-26(2,3)4/h8-10,13-14,19-20H,6-7,11-12H2,1-5H3,(H,30,33)(H2,28,29,31). The van der Waals surface area contributed by atoms with Gasteiger partial charge in [-0.1, -0.05) is 25.0 Å². The molecule has 2 unspecified atom stereocenters. The van der Waals surface area contributed by atoms with Crippen LogP contribution in [0.4, 0.5) is 22.1 Å². The molecule has 9 heteroatoms. The van der Waals surface area contributed by atoms with Crippen molar-refractivity contribution in [2.24, 2.45) is 0 Å². The van der Waals surface area contributed by atoms with E-state index in [9.17, 15) is 14.9 Å². The van der Waals surface area contributed by atoms with E-state index in [0.717, 1.165) is 36.9 Å². The van der Waals surface area contributed by atoms with Crippen LogP contribution in [-0.2, 0) is 9.47 Å². The first-order valence-corrected chi connectivity index (χ1v) is 11.7. The quantitative estimate of drug-likeness (QED) is 0.492. The van der Waals surface area contributed by atoms with Gasteiger partial charge in [-0.25, -0.2) is 14.6 Å². The zero-order chi connectivity index (χ0) is 25.6. The Hall–Kier alpha value is -3.80. The highest BCUT2D eigenvalue weighted by Gasteiger charge is 2.29. The Morgan fingerprint density at radius 1 is 1.14 bits per heavy atom. The van der Waals surface area contributed by atoms with Gasteiger partial charge in [-0.05, 0) is 64.3 Å². The van der Waals surface area contributed by atoms with Crippen molar-refractivity contribution in [3.63, 3.8) is 0 Å². The number of benzene rings is 1. The van der Waals surface area contributed by atoms with Gasteiger partial charge in [0, 0.05) is 11.7 Å². The monoisotopic (exact) mass is 479 g/mol. The van der Waals surface area contributed by atoms with Crippen molar-refractivity contribution in [1.29, 1.82) is 5.26 Å². The summed E-state index contributed by atoms with van der Waals surface area (Å²) in [6.07, 6.45) is 3.10. The SMILES string of the molecule is COC(=O)c1c(C#N)cc(NC2CCCCC2NC(=O)OC(C)(C)C)nc1Nc1cccc(C)c1. The number of carbonyl (C=O) groups excluding carboxylic acids is 2. The lowest BCUT2D eigenvalue weighted by molar-refractivity contribution is 0.0487. The molecule has 186 valence electrons. The number of carbonyl (C=O) groups is 2. The van der Waals surface area contributed by atoms with Crippen LogP contribution in [0.15, 0.2) is 30.3 Å². The number of amides is 1. The number of nitrogens with one attached hydrogen (secondary N) is 3. The molecule has 3 N–H and O–H groups in total. The molecular weight excluding hydrogens is 446 g/mol. The maximum absolute atomic E-state index is 12.5. The van der Waals surface area contributed by atoms with Crippen LogP contribution in [0.3, 0.4) is 0 Å². The molecule has 0 bridgehead atoms. The molecule has 0 aliphatic heterocycles. The molecule has 3 rings (SSSR count). The highest BCUT2D eigenvalue weighted by Crippen LogP contribution is 2.28. The van der Waals surface area contributed by atoms with E-state index in [1.807, 2.05) is 52.0 Å². The average Bonchev–Trinajstić information content (AvgIpc) is 2.78. The molecule has 0 saturated heterocycles. The summed E-state index contributed by atoms with van der Waals surface area (Å²) in [5.41, 5.74) is 1.37. The number of methoxy groups -OCH3 is 1. The molecule has 1 fully saturated rings. The molecule has 1 aliphatic carbocycles.